The number of hydrogen-bond donors (Lipinski definition) is 2. The van der Waals surface area contributed by atoms with E-state index in [-0.39, 0.29) is 18.4 Å². The molecular formula is C17H19N3O2S. The van der Waals surface area contributed by atoms with Gasteiger partial charge < -0.3 is 15.5 Å². The van der Waals surface area contributed by atoms with Crippen molar-refractivity contribution in [1.82, 2.24) is 5.32 Å². The molecule has 0 unspecified atom stereocenters. The molecule has 2 aromatic rings. The molecule has 6 heteroatoms. The molecule has 1 saturated heterocycles. The van der Waals surface area contributed by atoms with Gasteiger partial charge in [-0.25, -0.2) is 0 Å². The Balaban J connectivity index is 1.48. The van der Waals surface area contributed by atoms with Crippen molar-refractivity contribution >= 4 is 34.5 Å². The number of nitrogens with zero attached hydrogens (tertiary/aromatic N) is 1. The van der Waals surface area contributed by atoms with Crippen LogP contribution < -0.4 is 15.5 Å². The van der Waals surface area contributed by atoms with Crippen LogP contribution in [0.3, 0.4) is 0 Å². The van der Waals surface area contributed by atoms with Crippen LogP contribution in [0, 0.1) is 0 Å². The Labute approximate surface area is 139 Å². The van der Waals surface area contributed by atoms with Gasteiger partial charge in [-0.3, -0.25) is 9.59 Å². The number of nitrogens with one attached hydrogen (secondary N) is 2. The van der Waals surface area contributed by atoms with Gasteiger partial charge in [-0.15, -0.1) is 11.3 Å². The van der Waals surface area contributed by atoms with Gasteiger partial charge in [-0.1, -0.05) is 6.07 Å². The zero-order chi connectivity index (χ0) is 16.1. The monoisotopic (exact) mass is 329 g/mol. The average molecular weight is 329 g/mol. The Morgan fingerprint density at radius 1 is 1.09 bits per heavy atom. The highest BCUT2D eigenvalue weighted by Gasteiger charge is 2.12. The minimum Gasteiger partial charge on any atom is -0.372 e. The molecule has 3 rings (SSSR count). The van der Waals surface area contributed by atoms with Crippen LogP contribution in [0.5, 0.6) is 0 Å². The van der Waals surface area contributed by atoms with Crippen LogP contribution in [0.1, 0.15) is 22.5 Å². The fourth-order valence-corrected chi connectivity index (χ4v) is 3.23. The molecule has 23 heavy (non-hydrogen) atoms. The van der Waals surface area contributed by atoms with E-state index in [1.807, 2.05) is 35.7 Å². The van der Waals surface area contributed by atoms with E-state index in [0.29, 0.717) is 4.88 Å². The Morgan fingerprint density at radius 3 is 2.48 bits per heavy atom. The van der Waals surface area contributed by atoms with Crippen molar-refractivity contribution in [2.75, 3.05) is 29.9 Å². The first-order chi connectivity index (χ1) is 11.2. The van der Waals surface area contributed by atoms with Gasteiger partial charge in [0.15, 0.2) is 0 Å². The summed E-state index contributed by atoms with van der Waals surface area (Å²) in [5, 5.41) is 7.23. The molecule has 1 aliphatic heterocycles. The molecule has 1 fully saturated rings. The number of carbonyl (C=O) groups is 2. The van der Waals surface area contributed by atoms with Crippen molar-refractivity contribution in [3.8, 4) is 0 Å². The first-order valence-electron chi connectivity index (χ1n) is 7.69. The highest BCUT2D eigenvalue weighted by molar-refractivity contribution is 7.12. The van der Waals surface area contributed by atoms with Crippen LogP contribution in [0.2, 0.25) is 0 Å². The molecular weight excluding hydrogens is 310 g/mol. The van der Waals surface area contributed by atoms with Gasteiger partial charge in [0.05, 0.1) is 11.4 Å². The van der Waals surface area contributed by atoms with E-state index in [2.05, 4.69) is 15.5 Å². The largest absolute Gasteiger partial charge is 0.372 e. The number of thiophene rings is 1. The maximum atomic E-state index is 11.9. The lowest BCUT2D eigenvalue weighted by molar-refractivity contribution is -0.115. The van der Waals surface area contributed by atoms with E-state index in [1.165, 1.54) is 29.9 Å². The van der Waals surface area contributed by atoms with Gasteiger partial charge in [-0.05, 0) is 48.6 Å². The lowest BCUT2D eigenvalue weighted by atomic mass is 10.2. The molecule has 5 nitrogen and oxygen atoms in total. The zero-order valence-electron chi connectivity index (χ0n) is 12.7. The van der Waals surface area contributed by atoms with Crippen LogP contribution in [-0.4, -0.2) is 31.4 Å². The minimum atomic E-state index is -0.233. The summed E-state index contributed by atoms with van der Waals surface area (Å²) < 4.78 is 0. The Hall–Kier alpha value is -2.34. The summed E-state index contributed by atoms with van der Waals surface area (Å²) in [4.78, 5) is 26.6. The lowest BCUT2D eigenvalue weighted by Gasteiger charge is -2.17. The Morgan fingerprint density at radius 2 is 1.83 bits per heavy atom. The third-order valence-corrected chi connectivity index (χ3v) is 4.65. The first kappa shape index (κ1) is 15.6. The predicted octanol–water partition coefficient (Wildman–Crippen LogP) is 2.72. The van der Waals surface area contributed by atoms with Gasteiger partial charge in [0.25, 0.3) is 5.91 Å². The topological polar surface area (TPSA) is 61.4 Å². The number of amides is 2. The summed E-state index contributed by atoms with van der Waals surface area (Å²) in [6.07, 6.45) is 2.48. The molecule has 2 N–H and O–H groups in total. The molecule has 1 aromatic carbocycles. The van der Waals surface area contributed by atoms with E-state index in [0.717, 1.165) is 18.8 Å². The maximum Gasteiger partial charge on any atom is 0.261 e. The molecule has 1 aromatic heterocycles. The van der Waals surface area contributed by atoms with E-state index in [9.17, 15) is 9.59 Å². The number of benzene rings is 1. The van der Waals surface area contributed by atoms with Gasteiger partial charge in [0.2, 0.25) is 5.91 Å². The number of anilines is 2. The molecule has 2 heterocycles. The molecule has 0 saturated carbocycles. The summed E-state index contributed by atoms with van der Waals surface area (Å²) in [7, 11) is 0. The molecule has 0 bridgehead atoms. The third kappa shape index (κ3) is 4.10. The maximum absolute atomic E-state index is 11.9. The SMILES string of the molecule is O=C(CNC(=O)c1cccs1)Nc1ccc(N2CCCC2)cc1. The highest BCUT2D eigenvalue weighted by atomic mass is 32.1. The first-order valence-corrected chi connectivity index (χ1v) is 8.57. The van der Waals surface area contributed by atoms with Crippen molar-refractivity contribution in [2.24, 2.45) is 0 Å². The normalized spacial score (nSPS) is 13.8. The van der Waals surface area contributed by atoms with Gasteiger partial charge in [0, 0.05) is 24.5 Å². The third-order valence-electron chi connectivity index (χ3n) is 3.78. The predicted molar refractivity (Wildman–Crippen MR) is 93.2 cm³/mol. The molecule has 120 valence electrons. The molecule has 1 aliphatic rings. The van der Waals surface area contributed by atoms with E-state index in [1.54, 1.807) is 6.07 Å². The van der Waals surface area contributed by atoms with Gasteiger partial charge in [0.1, 0.15) is 0 Å². The van der Waals surface area contributed by atoms with Crippen LogP contribution in [0.4, 0.5) is 11.4 Å². The second kappa shape index (κ2) is 7.28. The van der Waals surface area contributed by atoms with Gasteiger partial charge in [-0.2, -0.15) is 0 Å². The fourth-order valence-electron chi connectivity index (χ4n) is 2.59. The zero-order valence-corrected chi connectivity index (χ0v) is 13.6. The number of carbonyl (C=O) groups excluding carboxylic acids is 2. The Bertz CT molecular complexity index is 662. The van der Waals surface area contributed by atoms with Crippen molar-refractivity contribution in [3.63, 3.8) is 0 Å². The van der Waals surface area contributed by atoms with Crippen molar-refractivity contribution < 1.29 is 9.59 Å². The molecule has 0 aliphatic carbocycles. The minimum absolute atomic E-state index is 0.0371. The number of rotatable bonds is 5. The summed E-state index contributed by atoms with van der Waals surface area (Å²) in [6.45, 7) is 2.16. The molecule has 0 spiro atoms. The van der Waals surface area contributed by atoms with Crippen LogP contribution in [0.15, 0.2) is 41.8 Å². The summed E-state index contributed by atoms with van der Waals surface area (Å²) in [5.41, 5.74) is 1.93. The summed E-state index contributed by atoms with van der Waals surface area (Å²) in [6, 6.07) is 11.4. The molecule has 2 amide bonds. The highest BCUT2D eigenvalue weighted by Crippen LogP contribution is 2.21. The van der Waals surface area contributed by atoms with Crippen molar-refractivity contribution in [1.29, 1.82) is 0 Å². The molecule has 0 atom stereocenters. The van der Waals surface area contributed by atoms with Crippen molar-refractivity contribution in [3.05, 3.63) is 46.7 Å². The molecule has 0 radical (unpaired) electrons. The Kier molecular flexibility index (Phi) is 4.92. The van der Waals surface area contributed by atoms with Gasteiger partial charge >= 0.3 is 0 Å². The standard InChI is InChI=1S/C17H19N3O2S/c21-16(12-18-17(22)15-4-3-11-23-15)19-13-5-7-14(8-6-13)20-9-1-2-10-20/h3-8,11H,1-2,9-10,12H2,(H,18,22)(H,19,21). The van der Waals surface area contributed by atoms with Crippen molar-refractivity contribution in [2.45, 2.75) is 12.8 Å². The van der Waals surface area contributed by atoms with E-state index >= 15 is 0 Å². The van der Waals surface area contributed by atoms with E-state index < -0.39 is 0 Å². The smallest absolute Gasteiger partial charge is 0.261 e. The second-order valence-electron chi connectivity index (χ2n) is 5.45. The summed E-state index contributed by atoms with van der Waals surface area (Å²) in [5.74, 6) is -0.455. The van der Waals surface area contributed by atoms with E-state index in [4.69, 9.17) is 0 Å². The lowest BCUT2D eigenvalue weighted by Crippen LogP contribution is -2.32. The van der Waals surface area contributed by atoms with Crippen LogP contribution in [0.25, 0.3) is 0 Å². The fraction of sp³-hybridized carbons (Fsp3) is 0.294. The van der Waals surface area contributed by atoms with Crippen LogP contribution >= 0.6 is 11.3 Å². The second-order valence-corrected chi connectivity index (χ2v) is 6.40. The summed E-state index contributed by atoms with van der Waals surface area (Å²) >= 11 is 1.35. The quantitative estimate of drug-likeness (QED) is 0.887. The van der Waals surface area contributed by atoms with Crippen LogP contribution in [-0.2, 0) is 4.79 Å². The number of hydrogen-bond acceptors (Lipinski definition) is 4. The average Bonchev–Trinajstić information content (AvgIpc) is 3.26.